The first-order chi connectivity index (χ1) is 11.8. The van der Waals surface area contributed by atoms with Crippen LogP contribution in [0, 0.1) is 0 Å². The van der Waals surface area contributed by atoms with Crippen LogP contribution in [0.1, 0.15) is 33.3 Å². The van der Waals surface area contributed by atoms with E-state index in [-0.39, 0.29) is 0 Å². The number of pyridine rings is 1. The van der Waals surface area contributed by atoms with E-state index in [9.17, 15) is 9.59 Å². The number of hydrazone groups is 1. The summed E-state index contributed by atoms with van der Waals surface area (Å²) in [5, 5.41) is 7.38. The lowest BCUT2D eigenvalue weighted by Crippen LogP contribution is -2.45. The number of alkyl carbamates (subject to hydrolysis) is 1. The molecule has 1 heterocycles. The lowest BCUT2D eigenvalue weighted by Gasteiger charge is -2.21. The molecule has 2 aromatic rings. The van der Waals surface area contributed by atoms with Gasteiger partial charge in [0.15, 0.2) is 0 Å². The average Bonchev–Trinajstić information content (AvgIpc) is 2.53. The van der Waals surface area contributed by atoms with Gasteiger partial charge in [-0.15, -0.1) is 0 Å². The summed E-state index contributed by atoms with van der Waals surface area (Å²) in [6, 6.07) is 8.72. The van der Waals surface area contributed by atoms with Gasteiger partial charge < -0.3 is 10.1 Å². The summed E-state index contributed by atoms with van der Waals surface area (Å²) in [6.07, 6.45) is 2.57. The van der Waals surface area contributed by atoms with E-state index in [1.807, 2.05) is 30.3 Å². The lowest BCUT2D eigenvalue weighted by molar-refractivity contribution is -0.122. The van der Waals surface area contributed by atoms with Crippen LogP contribution < -0.4 is 10.7 Å². The smallest absolute Gasteiger partial charge is 0.408 e. The molecule has 1 atom stereocenters. The molecule has 0 unspecified atom stereocenters. The Labute approximate surface area is 146 Å². The Bertz CT molecular complexity index is 791. The van der Waals surface area contributed by atoms with Gasteiger partial charge in [-0.1, -0.05) is 24.3 Å². The molecule has 0 aliphatic rings. The molecule has 25 heavy (non-hydrogen) atoms. The maximum Gasteiger partial charge on any atom is 0.408 e. The quantitative estimate of drug-likeness (QED) is 0.660. The Kier molecular flexibility index (Phi) is 5.69. The van der Waals surface area contributed by atoms with Crippen LogP contribution in [0.5, 0.6) is 0 Å². The molecular formula is C18H22N4O3. The van der Waals surface area contributed by atoms with E-state index in [1.165, 1.54) is 6.21 Å². The van der Waals surface area contributed by atoms with Gasteiger partial charge in [-0.05, 0) is 33.8 Å². The molecule has 0 aliphatic carbocycles. The molecule has 0 spiro atoms. The minimum atomic E-state index is -0.780. The molecule has 0 bridgehead atoms. The number of aromatic nitrogens is 1. The van der Waals surface area contributed by atoms with Crippen molar-refractivity contribution in [2.24, 2.45) is 5.10 Å². The van der Waals surface area contributed by atoms with Crippen LogP contribution in [0.2, 0.25) is 0 Å². The lowest BCUT2D eigenvalue weighted by atomic mass is 10.1. The van der Waals surface area contributed by atoms with Crippen molar-refractivity contribution in [2.75, 3.05) is 0 Å². The molecule has 1 aromatic carbocycles. The van der Waals surface area contributed by atoms with Gasteiger partial charge in [-0.25, -0.2) is 10.2 Å². The monoisotopic (exact) mass is 342 g/mol. The van der Waals surface area contributed by atoms with Crippen LogP contribution in [-0.4, -0.2) is 34.8 Å². The van der Waals surface area contributed by atoms with Crippen molar-refractivity contribution >= 4 is 29.1 Å². The molecule has 1 aromatic heterocycles. The fourth-order valence-corrected chi connectivity index (χ4v) is 2.04. The second-order valence-corrected chi connectivity index (χ2v) is 6.52. The SMILES string of the molecule is C[C@H](NC(=O)OC(C)(C)C)C(=O)N/N=C/c1cccc2cccnc12. The predicted molar refractivity (Wildman–Crippen MR) is 96.3 cm³/mol. The predicted octanol–water partition coefficient (Wildman–Crippen LogP) is 2.60. The topological polar surface area (TPSA) is 92.7 Å². The number of ether oxygens (including phenoxy) is 1. The number of carbonyl (C=O) groups excluding carboxylic acids is 2. The Morgan fingerprint density at radius 2 is 1.96 bits per heavy atom. The third kappa shape index (κ3) is 5.56. The Hall–Kier alpha value is -2.96. The van der Waals surface area contributed by atoms with Crippen LogP contribution in [0.3, 0.4) is 0 Å². The third-order valence-electron chi connectivity index (χ3n) is 3.17. The minimum Gasteiger partial charge on any atom is -0.444 e. The largest absolute Gasteiger partial charge is 0.444 e. The molecule has 0 fully saturated rings. The normalized spacial score (nSPS) is 12.8. The average molecular weight is 342 g/mol. The number of nitrogens with one attached hydrogen (secondary N) is 2. The molecule has 2 amide bonds. The second-order valence-electron chi connectivity index (χ2n) is 6.52. The number of nitrogens with zero attached hydrogens (tertiary/aromatic N) is 2. The van der Waals surface area contributed by atoms with Crippen molar-refractivity contribution in [3.8, 4) is 0 Å². The molecule has 0 saturated carbocycles. The van der Waals surface area contributed by atoms with Crippen molar-refractivity contribution in [3.63, 3.8) is 0 Å². The van der Waals surface area contributed by atoms with Gasteiger partial charge in [0, 0.05) is 17.1 Å². The van der Waals surface area contributed by atoms with Crippen LogP contribution in [-0.2, 0) is 9.53 Å². The van der Waals surface area contributed by atoms with E-state index >= 15 is 0 Å². The van der Waals surface area contributed by atoms with Gasteiger partial charge in [0.05, 0.1) is 11.7 Å². The highest BCUT2D eigenvalue weighted by molar-refractivity contribution is 5.97. The summed E-state index contributed by atoms with van der Waals surface area (Å²) in [5.41, 5.74) is 3.35. The van der Waals surface area contributed by atoms with Crippen molar-refractivity contribution < 1.29 is 14.3 Å². The van der Waals surface area contributed by atoms with Crippen LogP contribution in [0.25, 0.3) is 10.9 Å². The fraction of sp³-hybridized carbons (Fsp3) is 0.333. The first-order valence-corrected chi connectivity index (χ1v) is 7.92. The molecule has 7 heteroatoms. The molecule has 132 valence electrons. The standard InChI is InChI=1S/C18H22N4O3/c1-12(21-17(24)25-18(2,3)4)16(23)22-20-11-14-8-5-7-13-9-6-10-19-15(13)14/h5-12H,1-4H3,(H,21,24)(H,22,23)/b20-11+/t12-/m0/s1. The fourth-order valence-electron chi connectivity index (χ4n) is 2.04. The van der Waals surface area contributed by atoms with Crippen LogP contribution >= 0.6 is 0 Å². The maximum atomic E-state index is 12.0. The molecular weight excluding hydrogens is 320 g/mol. The minimum absolute atomic E-state index is 0.449. The van der Waals surface area contributed by atoms with E-state index in [0.29, 0.717) is 0 Å². The van der Waals surface area contributed by atoms with E-state index in [1.54, 1.807) is 33.9 Å². The third-order valence-corrected chi connectivity index (χ3v) is 3.17. The zero-order valence-corrected chi connectivity index (χ0v) is 14.7. The van der Waals surface area contributed by atoms with Gasteiger partial charge in [-0.2, -0.15) is 5.10 Å². The van der Waals surface area contributed by atoms with Crippen LogP contribution in [0.4, 0.5) is 4.79 Å². The summed E-state index contributed by atoms with van der Waals surface area (Å²) in [5.74, 6) is -0.449. The highest BCUT2D eigenvalue weighted by Gasteiger charge is 2.20. The van der Waals surface area contributed by atoms with E-state index in [2.05, 4.69) is 20.8 Å². The number of fused-ring (bicyclic) bond motifs is 1. The van der Waals surface area contributed by atoms with Gasteiger partial charge in [0.2, 0.25) is 0 Å². The van der Waals surface area contributed by atoms with Crippen molar-refractivity contribution in [1.29, 1.82) is 0 Å². The Morgan fingerprint density at radius 3 is 2.68 bits per heavy atom. The number of benzene rings is 1. The summed E-state index contributed by atoms with van der Waals surface area (Å²) in [6.45, 7) is 6.80. The highest BCUT2D eigenvalue weighted by Crippen LogP contribution is 2.13. The van der Waals surface area contributed by atoms with Crippen LogP contribution in [0.15, 0.2) is 41.6 Å². The molecule has 2 N–H and O–H groups in total. The van der Waals surface area contributed by atoms with Crippen molar-refractivity contribution in [1.82, 2.24) is 15.7 Å². The van der Waals surface area contributed by atoms with E-state index in [0.717, 1.165) is 16.5 Å². The zero-order valence-electron chi connectivity index (χ0n) is 14.7. The first-order valence-electron chi connectivity index (χ1n) is 7.92. The van der Waals surface area contributed by atoms with Crippen molar-refractivity contribution in [2.45, 2.75) is 39.3 Å². The van der Waals surface area contributed by atoms with E-state index < -0.39 is 23.6 Å². The maximum absolute atomic E-state index is 12.0. The zero-order chi connectivity index (χ0) is 18.4. The number of hydrogen-bond donors (Lipinski definition) is 2. The number of amides is 2. The summed E-state index contributed by atoms with van der Waals surface area (Å²) in [4.78, 5) is 28.0. The molecule has 0 aliphatic heterocycles. The number of para-hydroxylation sites is 1. The molecule has 2 rings (SSSR count). The Balaban J connectivity index is 1.94. The van der Waals surface area contributed by atoms with Gasteiger partial charge in [0.1, 0.15) is 11.6 Å². The number of rotatable bonds is 4. The van der Waals surface area contributed by atoms with E-state index in [4.69, 9.17) is 4.74 Å². The van der Waals surface area contributed by atoms with Gasteiger partial charge in [-0.3, -0.25) is 9.78 Å². The number of hydrogen-bond acceptors (Lipinski definition) is 5. The summed E-state index contributed by atoms with van der Waals surface area (Å²) >= 11 is 0. The number of carbonyl (C=O) groups is 2. The first kappa shape index (κ1) is 18.4. The van der Waals surface area contributed by atoms with Gasteiger partial charge in [0.25, 0.3) is 5.91 Å². The molecule has 7 nitrogen and oxygen atoms in total. The molecule has 0 saturated heterocycles. The summed E-state index contributed by atoms with van der Waals surface area (Å²) < 4.78 is 5.10. The molecule has 0 radical (unpaired) electrons. The van der Waals surface area contributed by atoms with Crippen molar-refractivity contribution in [3.05, 3.63) is 42.1 Å². The second kappa shape index (κ2) is 7.74. The highest BCUT2D eigenvalue weighted by atomic mass is 16.6. The van der Waals surface area contributed by atoms with Gasteiger partial charge >= 0.3 is 6.09 Å². The Morgan fingerprint density at radius 1 is 1.24 bits per heavy atom. The summed E-state index contributed by atoms with van der Waals surface area (Å²) in [7, 11) is 0.